The van der Waals surface area contributed by atoms with Gasteiger partial charge in [0.25, 0.3) is 0 Å². The lowest BCUT2D eigenvalue weighted by atomic mass is 9.97. The van der Waals surface area contributed by atoms with Crippen molar-refractivity contribution in [2.24, 2.45) is 5.92 Å². The molecule has 0 saturated heterocycles. The molecule has 14 heavy (non-hydrogen) atoms. The van der Waals surface area contributed by atoms with Crippen molar-refractivity contribution in [3.63, 3.8) is 0 Å². The van der Waals surface area contributed by atoms with E-state index in [1.165, 1.54) is 0 Å². The Morgan fingerprint density at radius 1 is 1.29 bits per heavy atom. The highest BCUT2D eigenvalue weighted by Crippen LogP contribution is 2.10. The first-order chi connectivity index (χ1) is 6.52. The third kappa shape index (κ3) is 4.02. The van der Waals surface area contributed by atoms with Crippen LogP contribution in [-0.4, -0.2) is 29.4 Å². The van der Waals surface area contributed by atoms with Gasteiger partial charge in [0.2, 0.25) is 5.78 Å². The number of ketones is 1. The molecule has 0 saturated carbocycles. The van der Waals surface area contributed by atoms with Crippen molar-refractivity contribution in [3.8, 4) is 0 Å². The second kappa shape index (κ2) is 6.12. The summed E-state index contributed by atoms with van der Waals surface area (Å²) in [6.07, 6.45) is 0.166. The highest BCUT2D eigenvalue weighted by atomic mass is 16.5. The van der Waals surface area contributed by atoms with Crippen LogP contribution in [0.3, 0.4) is 0 Å². The Kier molecular flexibility index (Phi) is 5.52. The fraction of sp³-hybridized carbons (Fsp3) is 0.667. The first-order valence-electron chi connectivity index (χ1n) is 4.45. The molecule has 0 bridgehead atoms. The Morgan fingerprint density at radius 3 is 2.21 bits per heavy atom. The van der Waals surface area contributed by atoms with E-state index in [0.717, 1.165) is 0 Å². The number of carbonyl (C=O) groups excluding carboxylic acids is 2. The van der Waals surface area contributed by atoms with E-state index in [4.69, 9.17) is 5.11 Å². The van der Waals surface area contributed by atoms with Gasteiger partial charge in [0, 0.05) is 5.92 Å². The zero-order valence-corrected chi connectivity index (χ0v) is 8.28. The van der Waals surface area contributed by atoms with Gasteiger partial charge in [-0.3, -0.25) is 9.59 Å². The molecule has 0 aliphatic rings. The number of Topliss-reactive ketones (excluding diaryl/α,β-unsaturated/α-hetero) is 1. The summed E-state index contributed by atoms with van der Waals surface area (Å²) in [7, 11) is 0. The molecule has 80 valence electrons. The highest BCUT2D eigenvalue weighted by molar-refractivity contribution is 6.33. The Balaban J connectivity index is 4.22. The number of rotatable bonds is 6. The van der Waals surface area contributed by atoms with Crippen molar-refractivity contribution in [2.75, 3.05) is 6.61 Å². The minimum atomic E-state index is -1.50. The van der Waals surface area contributed by atoms with E-state index in [-0.39, 0.29) is 13.0 Å². The summed E-state index contributed by atoms with van der Waals surface area (Å²) < 4.78 is 4.62. The summed E-state index contributed by atoms with van der Waals surface area (Å²) in [4.78, 5) is 32.3. The van der Waals surface area contributed by atoms with E-state index in [2.05, 4.69) is 4.74 Å². The fourth-order valence-electron chi connectivity index (χ4n) is 1.02. The quantitative estimate of drug-likeness (QED) is 0.504. The molecule has 0 radical (unpaired) electrons. The van der Waals surface area contributed by atoms with Crippen molar-refractivity contribution in [2.45, 2.75) is 26.7 Å². The Hall–Kier alpha value is -1.39. The number of carboxylic acid groups (broad SMARTS) is 1. The molecule has 5 nitrogen and oxygen atoms in total. The average Bonchev–Trinajstić information content (AvgIpc) is 2.13. The van der Waals surface area contributed by atoms with Gasteiger partial charge < -0.3 is 9.84 Å². The fourth-order valence-corrected chi connectivity index (χ4v) is 1.02. The Morgan fingerprint density at radius 2 is 1.86 bits per heavy atom. The molecule has 1 atom stereocenters. The molecule has 0 rings (SSSR count). The van der Waals surface area contributed by atoms with Gasteiger partial charge in [0.05, 0.1) is 13.0 Å². The molecular formula is C9H14O5. The Labute approximate surface area is 82.1 Å². The van der Waals surface area contributed by atoms with Gasteiger partial charge in [-0.1, -0.05) is 6.92 Å². The van der Waals surface area contributed by atoms with Crippen molar-refractivity contribution < 1.29 is 24.2 Å². The normalized spacial score (nSPS) is 11.9. The number of esters is 1. The number of hydrogen-bond donors (Lipinski definition) is 1. The SMILES string of the molecule is CCOC(=O)CC(CC)C(=O)C(=O)O. The van der Waals surface area contributed by atoms with Gasteiger partial charge in [0.15, 0.2) is 0 Å². The molecule has 0 aromatic carbocycles. The maximum Gasteiger partial charge on any atom is 0.372 e. The van der Waals surface area contributed by atoms with Gasteiger partial charge in [-0.25, -0.2) is 4.79 Å². The molecule has 0 aliphatic heterocycles. The standard InChI is InChI=1S/C9H14O5/c1-3-6(8(11)9(12)13)5-7(10)14-4-2/h6H,3-5H2,1-2H3,(H,12,13). The van der Waals surface area contributed by atoms with Crippen molar-refractivity contribution in [1.82, 2.24) is 0 Å². The van der Waals surface area contributed by atoms with Crippen LogP contribution in [0.1, 0.15) is 26.7 Å². The molecule has 0 amide bonds. The summed E-state index contributed by atoms with van der Waals surface area (Å²) in [5.74, 6) is -3.73. The largest absolute Gasteiger partial charge is 0.475 e. The smallest absolute Gasteiger partial charge is 0.372 e. The van der Waals surface area contributed by atoms with E-state index < -0.39 is 23.6 Å². The van der Waals surface area contributed by atoms with Crippen molar-refractivity contribution in [1.29, 1.82) is 0 Å². The first kappa shape index (κ1) is 12.6. The van der Waals surface area contributed by atoms with Crippen molar-refractivity contribution in [3.05, 3.63) is 0 Å². The van der Waals surface area contributed by atoms with Gasteiger partial charge in [-0.2, -0.15) is 0 Å². The number of ether oxygens (including phenoxy) is 1. The van der Waals surface area contributed by atoms with Crippen molar-refractivity contribution >= 4 is 17.7 Å². The molecule has 0 aliphatic carbocycles. The van der Waals surface area contributed by atoms with E-state index in [0.29, 0.717) is 6.42 Å². The number of carbonyl (C=O) groups is 3. The third-order valence-corrected chi connectivity index (χ3v) is 1.79. The van der Waals surface area contributed by atoms with Gasteiger partial charge >= 0.3 is 11.9 Å². The summed E-state index contributed by atoms with van der Waals surface area (Å²) in [6.45, 7) is 3.54. The second-order valence-corrected chi connectivity index (χ2v) is 2.78. The summed E-state index contributed by atoms with van der Waals surface area (Å²) in [5.41, 5.74) is 0. The lowest BCUT2D eigenvalue weighted by molar-refractivity contribution is -0.153. The van der Waals surface area contributed by atoms with Crippen LogP contribution in [0.25, 0.3) is 0 Å². The highest BCUT2D eigenvalue weighted by Gasteiger charge is 2.25. The predicted octanol–water partition coefficient (Wildman–Crippen LogP) is 0.620. The van der Waals surface area contributed by atoms with E-state index in [1.54, 1.807) is 13.8 Å². The number of hydrogen-bond acceptors (Lipinski definition) is 4. The van der Waals surface area contributed by atoms with E-state index in [9.17, 15) is 14.4 Å². The molecule has 0 heterocycles. The summed E-state index contributed by atoms with van der Waals surface area (Å²) >= 11 is 0. The maximum absolute atomic E-state index is 11.0. The third-order valence-electron chi connectivity index (χ3n) is 1.79. The molecule has 0 aromatic rings. The zero-order valence-electron chi connectivity index (χ0n) is 8.28. The minimum absolute atomic E-state index is 0.157. The Bertz CT molecular complexity index is 233. The topological polar surface area (TPSA) is 80.7 Å². The molecular weight excluding hydrogens is 188 g/mol. The van der Waals surface area contributed by atoms with Crippen LogP contribution in [0.5, 0.6) is 0 Å². The molecule has 0 fully saturated rings. The maximum atomic E-state index is 11.0. The molecule has 1 N–H and O–H groups in total. The molecule has 1 unspecified atom stereocenters. The molecule has 5 heteroatoms. The van der Waals surface area contributed by atoms with Crippen LogP contribution >= 0.6 is 0 Å². The van der Waals surface area contributed by atoms with Crippen LogP contribution in [0.4, 0.5) is 0 Å². The second-order valence-electron chi connectivity index (χ2n) is 2.78. The summed E-state index contributed by atoms with van der Waals surface area (Å²) in [5, 5.41) is 8.42. The number of carboxylic acids is 1. The van der Waals surface area contributed by atoms with Gasteiger partial charge in [-0.15, -0.1) is 0 Å². The van der Waals surface area contributed by atoms with Gasteiger partial charge in [-0.05, 0) is 13.3 Å². The average molecular weight is 202 g/mol. The van der Waals surface area contributed by atoms with Crippen LogP contribution < -0.4 is 0 Å². The zero-order chi connectivity index (χ0) is 11.1. The van der Waals surface area contributed by atoms with Gasteiger partial charge in [0.1, 0.15) is 0 Å². The van der Waals surface area contributed by atoms with E-state index >= 15 is 0 Å². The van der Waals surface area contributed by atoms with Crippen LogP contribution in [0.15, 0.2) is 0 Å². The molecule has 0 aromatic heterocycles. The number of aliphatic carboxylic acids is 1. The predicted molar refractivity (Wildman–Crippen MR) is 47.7 cm³/mol. The van der Waals surface area contributed by atoms with Crippen LogP contribution in [0, 0.1) is 5.92 Å². The van der Waals surface area contributed by atoms with E-state index in [1.807, 2.05) is 0 Å². The minimum Gasteiger partial charge on any atom is -0.475 e. The molecule has 0 spiro atoms. The monoisotopic (exact) mass is 202 g/mol. The lowest BCUT2D eigenvalue weighted by Gasteiger charge is -2.09. The summed E-state index contributed by atoms with van der Waals surface area (Å²) in [6, 6.07) is 0. The van der Waals surface area contributed by atoms with Crippen LogP contribution in [-0.2, 0) is 19.1 Å². The first-order valence-corrected chi connectivity index (χ1v) is 4.45. The lowest BCUT2D eigenvalue weighted by Crippen LogP contribution is -2.25. The van der Waals surface area contributed by atoms with Crippen LogP contribution in [0.2, 0.25) is 0 Å².